The quantitative estimate of drug-likeness (QED) is 0.313. The van der Waals surface area contributed by atoms with Gasteiger partial charge in [-0.3, -0.25) is 19.1 Å². The average Bonchev–Trinajstić information content (AvgIpc) is 3.64. The Hall–Kier alpha value is -3.88. The highest BCUT2D eigenvalue weighted by molar-refractivity contribution is 7.21. The average molecular weight is 607 g/mol. The lowest BCUT2D eigenvalue weighted by atomic mass is 10.1. The maximum absolute atomic E-state index is 13.0. The molecule has 1 atom stereocenters. The van der Waals surface area contributed by atoms with Gasteiger partial charge >= 0.3 is 5.69 Å². The molecule has 230 valence electrons. The monoisotopic (exact) mass is 606 g/mol. The van der Waals surface area contributed by atoms with E-state index in [1.54, 1.807) is 37.5 Å². The third-order valence-corrected chi connectivity index (χ3v) is 7.46. The number of carbonyl (C=O) groups is 1. The number of likely N-dealkylation sites (N-methyl/N-ethyl adjacent to an activating group) is 1. The van der Waals surface area contributed by atoms with Crippen molar-refractivity contribution in [2.24, 2.45) is 0 Å². The number of benzene rings is 1. The fraction of sp³-hybridized carbons (Fsp3) is 0.464. The van der Waals surface area contributed by atoms with Gasteiger partial charge in [0.1, 0.15) is 21.4 Å². The molecule has 1 saturated heterocycles. The first-order valence-corrected chi connectivity index (χ1v) is 14.4. The molecule has 12 nitrogen and oxygen atoms in total. The number of aliphatic hydroxyl groups is 2. The van der Waals surface area contributed by atoms with Gasteiger partial charge in [-0.2, -0.15) is 10.2 Å². The van der Waals surface area contributed by atoms with Gasteiger partial charge in [0.2, 0.25) is 5.91 Å². The van der Waals surface area contributed by atoms with E-state index >= 15 is 0 Å². The van der Waals surface area contributed by atoms with Crippen molar-refractivity contribution >= 4 is 27.5 Å². The van der Waals surface area contributed by atoms with Crippen LogP contribution in [0.5, 0.6) is 5.75 Å². The highest BCUT2D eigenvalue weighted by Gasteiger charge is 2.28. The molecule has 0 radical (unpaired) electrons. The van der Waals surface area contributed by atoms with E-state index < -0.39 is 5.69 Å². The number of likely N-dealkylation sites (tertiary alicyclic amines) is 1. The molecular weight excluding hydrogens is 567 g/mol. The zero-order chi connectivity index (χ0) is 31.4. The molecule has 0 saturated carbocycles. The number of nitrogens with one attached hydrogen (secondary N) is 1. The zero-order valence-electron chi connectivity index (χ0n) is 24.8. The third-order valence-electron chi connectivity index (χ3n) is 6.28. The number of hydrogen-bond acceptors (Lipinski definition) is 9. The van der Waals surface area contributed by atoms with Crippen molar-refractivity contribution in [3.63, 3.8) is 0 Å². The second-order valence-corrected chi connectivity index (χ2v) is 9.88. The molecule has 1 unspecified atom stereocenters. The van der Waals surface area contributed by atoms with Crippen LogP contribution in [0.2, 0.25) is 0 Å². The summed E-state index contributed by atoms with van der Waals surface area (Å²) in [6.45, 7) is 7.89. The van der Waals surface area contributed by atoms with Crippen molar-refractivity contribution in [2.45, 2.75) is 53.0 Å². The molecule has 0 aliphatic carbocycles. The lowest BCUT2D eigenvalue weighted by molar-refractivity contribution is -0.133. The summed E-state index contributed by atoms with van der Waals surface area (Å²) in [5.74, 6) is 0.581. The van der Waals surface area contributed by atoms with Crippen LogP contribution >= 0.6 is 11.3 Å². The van der Waals surface area contributed by atoms with Gasteiger partial charge in [-0.25, -0.2) is 9.18 Å². The Labute approximate surface area is 247 Å². The number of fused-ring (bicyclic) bond motifs is 1. The third kappa shape index (κ3) is 8.11. The van der Waals surface area contributed by atoms with Gasteiger partial charge in [-0.1, -0.05) is 32.1 Å². The van der Waals surface area contributed by atoms with Crippen molar-refractivity contribution in [2.75, 3.05) is 33.9 Å². The van der Waals surface area contributed by atoms with Gasteiger partial charge in [0.25, 0.3) is 5.56 Å². The summed E-state index contributed by atoms with van der Waals surface area (Å²) in [6, 6.07) is 4.22. The number of halogens is 1. The van der Waals surface area contributed by atoms with Crippen LogP contribution in [0.25, 0.3) is 15.2 Å². The highest BCUT2D eigenvalue weighted by atomic mass is 32.1. The van der Waals surface area contributed by atoms with Crippen LogP contribution in [0.4, 0.5) is 4.39 Å². The minimum absolute atomic E-state index is 0.0283. The maximum atomic E-state index is 13.0. The SMILES string of the molecule is CC.CCc1cc(F)ccc1OC.Cc1c(-n2nccn2)sc2[nH]c(=O)n(C3CCC(=O)N(C)C3)c(=O)c12.OCCO. The Morgan fingerprint density at radius 2 is 1.79 bits per heavy atom. The maximum Gasteiger partial charge on any atom is 0.329 e. The van der Waals surface area contributed by atoms with Crippen molar-refractivity contribution in [3.8, 4) is 10.8 Å². The highest BCUT2D eigenvalue weighted by Crippen LogP contribution is 2.29. The first-order chi connectivity index (χ1) is 20.2. The number of carbonyl (C=O) groups excluding carboxylic acids is 1. The Morgan fingerprint density at radius 3 is 2.33 bits per heavy atom. The predicted molar refractivity (Wildman–Crippen MR) is 160 cm³/mol. The van der Waals surface area contributed by atoms with Crippen molar-refractivity contribution < 1.29 is 24.1 Å². The number of hydrogen-bond donors (Lipinski definition) is 3. The molecule has 5 rings (SSSR count). The minimum Gasteiger partial charge on any atom is -0.496 e. The summed E-state index contributed by atoms with van der Waals surface area (Å²) in [4.78, 5) is 43.5. The van der Waals surface area contributed by atoms with Gasteiger partial charge in [0.15, 0.2) is 0 Å². The minimum atomic E-state index is -0.452. The zero-order valence-corrected chi connectivity index (χ0v) is 25.6. The smallest absolute Gasteiger partial charge is 0.329 e. The Morgan fingerprint density at radius 1 is 1.14 bits per heavy atom. The number of piperidine rings is 1. The molecule has 0 spiro atoms. The first kappa shape index (κ1) is 34.3. The number of amides is 1. The van der Waals surface area contributed by atoms with Crippen LogP contribution < -0.4 is 16.0 Å². The van der Waals surface area contributed by atoms with E-state index in [1.165, 1.54) is 32.8 Å². The Kier molecular flexibility index (Phi) is 13.5. The molecule has 1 fully saturated rings. The molecule has 4 heterocycles. The van der Waals surface area contributed by atoms with E-state index in [0.717, 1.165) is 23.3 Å². The molecule has 1 aromatic carbocycles. The lowest BCUT2D eigenvalue weighted by Gasteiger charge is -2.30. The number of thiophene rings is 1. The van der Waals surface area contributed by atoms with Gasteiger partial charge < -0.3 is 19.8 Å². The molecule has 3 aromatic heterocycles. The van der Waals surface area contributed by atoms with E-state index in [4.69, 9.17) is 14.9 Å². The summed E-state index contributed by atoms with van der Waals surface area (Å²) >= 11 is 1.27. The van der Waals surface area contributed by atoms with Gasteiger partial charge in [0.05, 0.1) is 44.1 Å². The number of aliphatic hydroxyl groups excluding tert-OH is 2. The van der Waals surface area contributed by atoms with E-state index in [9.17, 15) is 18.8 Å². The molecule has 0 bridgehead atoms. The Bertz CT molecular complexity index is 1550. The van der Waals surface area contributed by atoms with Gasteiger partial charge in [-0.05, 0) is 43.5 Å². The van der Waals surface area contributed by atoms with Crippen LogP contribution in [0.15, 0.2) is 40.2 Å². The fourth-order valence-electron chi connectivity index (χ4n) is 4.28. The number of aromatic amines is 1. The largest absolute Gasteiger partial charge is 0.496 e. The lowest BCUT2D eigenvalue weighted by Crippen LogP contribution is -2.46. The van der Waals surface area contributed by atoms with E-state index in [2.05, 4.69) is 15.2 Å². The van der Waals surface area contributed by atoms with Gasteiger partial charge in [0, 0.05) is 25.6 Å². The number of methoxy groups -OCH3 is 1. The number of aromatic nitrogens is 5. The second kappa shape index (κ2) is 16.5. The summed E-state index contributed by atoms with van der Waals surface area (Å²) in [5.41, 5.74) is 0.851. The molecule has 1 aliphatic rings. The van der Waals surface area contributed by atoms with Crippen LogP contribution in [-0.4, -0.2) is 79.5 Å². The first-order valence-electron chi connectivity index (χ1n) is 13.6. The van der Waals surface area contributed by atoms with Crippen LogP contribution in [-0.2, 0) is 11.2 Å². The van der Waals surface area contributed by atoms with E-state index in [1.807, 2.05) is 27.7 Å². The standard InChI is InChI=1S/C15H16N6O3S.C9H11FO.C2H6O2.C2H6/c1-8-11-12(25-14(8)21-16-5-6-17-21)18-15(24)20(13(11)23)9-3-4-10(22)19(2)7-9;1-3-7-6-8(10)4-5-9(7)11-2;3-1-2-4;1-2/h5-6,9H,3-4,7H2,1-2H3,(H,18,24);4-6H,3H2,1-2H3;3-4H,1-2H2;1-2H3. The van der Waals surface area contributed by atoms with Gasteiger partial charge in [-0.15, -0.1) is 4.80 Å². The Balaban J connectivity index is 0.000000302. The molecule has 14 heteroatoms. The van der Waals surface area contributed by atoms with Crippen LogP contribution in [0.1, 0.15) is 50.8 Å². The summed E-state index contributed by atoms with van der Waals surface area (Å²) in [7, 11) is 3.27. The fourth-order valence-corrected chi connectivity index (χ4v) is 5.39. The number of rotatable bonds is 5. The summed E-state index contributed by atoms with van der Waals surface area (Å²) < 4.78 is 18.9. The predicted octanol–water partition coefficient (Wildman–Crippen LogP) is 2.83. The number of H-pyrrole nitrogens is 1. The second-order valence-electron chi connectivity index (χ2n) is 8.88. The molecular formula is C28H39FN6O6S. The van der Waals surface area contributed by atoms with Crippen molar-refractivity contribution in [1.82, 2.24) is 29.4 Å². The normalized spacial score (nSPS) is 14.3. The number of nitrogens with zero attached hydrogens (tertiary/aromatic N) is 5. The molecule has 42 heavy (non-hydrogen) atoms. The van der Waals surface area contributed by atoms with E-state index in [0.29, 0.717) is 34.6 Å². The molecule has 3 N–H and O–H groups in total. The van der Waals surface area contributed by atoms with Crippen molar-refractivity contribution in [1.29, 1.82) is 0 Å². The molecule has 4 aromatic rings. The summed E-state index contributed by atoms with van der Waals surface area (Å²) in [6.07, 6.45) is 4.71. The number of ether oxygens (including phenoxy) is 1. The topological polar surface area (TPSA) is 156 Å². The molecule has 1 aliphatic heterocycles. The van der Waals surface area contributed by atoms with E-state index in [-0.39, 0.29) is 36.5 Å². The van der Waals surface area contributed by atoms with Crippen LogP contribution in [0, 0.1) is 12.7 Å². The number of aryl methyl sites for hydroxylation is 2. The summed E-state index contributed by atoms with van der Waals surface area (Å²) in [5, 5.41) is 24.6. The molecule has 1 amide bonds. The van der Waals surface area contributed by atoms with Crippen molar-refractivity contribution in [3.05, 3.63) is 68.4 Å². The van der Waals surface area contributed by atoms with Crippen LogP contribution in [0.3, 0.4) is 0 Å².